The van der Waals surface area contributed by atoms with Crippen molar-refractivity contribution in [3.05, 3.63) is 58.8 Å². The monoisotopic (exact) mass is 486 g/mol. The van der Waals surface area contributed by atoms with E-state index in [2.05, 4.69) is 10.3 Å². The Hall–Kier alpha value is -2.66. The van der Waals surface area contributed by atoms with E-state index < -0.39 is 59.5 Å². The van der Waals surface area contributed by atoms with E-state index >= 15 is 0 Å². The number of hydrogen-bond donors (Lipinski definition) is 2. The number of aliphatic hydroxyl groups excluding tert-OH is 1. The standard InChI is InChI=1S/C23H20F6N2O3/c24-22(25,26)12-3-1-2-11(6-12)18-19(16-9-15(32)20(18)34-16)21(33)31-17-8-13(23(27,28)29)7-14(30-17)10-4-5-10/h1-3,6-8,10,15-16,18-20,32H,4-5,9H2,(H,30,31,33)/t15-,16+,18+,19-,20-/m0/s1. The quantitative estimate of drug-likeness (QED) is 0.606. The first-order chi connectivity index (χ1) is 15.9. The minimum Gasteiger partial charge on any atom is -0.390 e. The number of carbonyl (C=O) groups excluding carboxylic acids is 1. The first-order valence-electron chi connectivity index (χ1n) is 10.8. The third-order valence-electron chi connectivity index (χ3n) is 6.65. The summed E-state index contributed by atoms with van der Waals surface area (Å²) in [6.07, 6.45) is -10.4. The lowest BCUT2D eigenvalue weighted by molar-refractivity contribution is -0.138. The van der Waals surface area contributed by atoms with Crippen molar-refractivity contribution in [3.8, 4) is 0 Å². The number of ether oxygens (including phenoxy) is 1. The molecule has 11 heteroatoms. The Kier molecular flexibility index (Phi) is 5.40. The van der Waals surface area contributed by atoms with Gasteiger partial charge in [-0.05, 0) is 36.6 Å². The number of benzene rings is 1. The zero-order valence-electron chi connectivity index (χ0n) is 17.5. The zero-order valence-corrected chi connectivity index (χ0v) is 17.5. The Morgan fingerprint density at radius 1 is 1.03 bits per heavy atom. The largest absolute Gasteiger partial charge is 0.416 e. The topological polar surface area (TPSA) is 71.5 Å². The summed E-state index contributed by atoms with van der Waals surface area (Å²) in [7, 11) is 0. The van der Waals surface area contributed by atoms with E-state index in [0.29, 0.717) is 12.8 Å². The Morgan fingerprint density at radius 3 is 2.38 bits per heavy atom. The molecule has 5 rings (SSSR count). The second-order valence-corrected chi connectivity index (χ2v) is 9.04. The lowest BCUT2D eigenvalue weighted by Gasteiger charge is -2.30. The van der Waals surface area contributed by atoms with Crippen LogP contribution in [0.1, 0.15) is 53.5 Å². The van der Waals surface area contributed by atoms with E-state index in [1.54, 1.807) is 0 Å². The van der Waals surface area contributed by atoms with Crippen molar-refractivity contribution in [2.45, 2.75) is 61.8 Å². The summed E-state index contributed by atoms with van der Waals surface area (Å²) in [5.74, 6) is -2.98. The molecule has 1 aromatic heterocycles. The number of carbonyl (C=O) groups is 1. The lowest BCUT2D eigenvalue weighted by Crippen LogP contribution is -2.41. The molecular formula is C23H20F6N2O3. The van der Waals surface area contributed by atoms with Crippen molar-refractivity contribution in [1.82, 2.24) is 4.98 Å². The van der Waals surface area contributed by atoms with Gasteiger partial charge in [0, 0.05) is 24.0 Å². The van der Waals surface area contributed by atoms with E-state index in [1.807, 2.05) is 0 Å². The molecule has 3 aliphatic rings. The molecule has 1 aromatic carbocycles. The summed E-state index contributed by atoms with van der Waals surface area (Å²) in [6.45, 7) is 0. The maximum atomic E-state index is 13.4. The van der Waals surface area contributed by atoms with Crippen molar-refractivity contribution < 1.29 is 41.0 Å². The maximum Gasteiger partial charge on any atom is 0.416 e. The minimum atomic E-state index is -4.63. The Morgan fingerprint density at radius 2 is 1.74 bits per heavy atom. The van der Waals surface area contributed by atoms with Crippen molar-refractivity contribution >= 4 is 11.7 Å². The molecule has 1 saturated carbocycles. The lowest BCUT2D eigenvalue weighted by atomic mass is 9.73. The van der Waals surface area contributed by atoms with Gasteiger partial charge in [0.2, 0.25) is 5.91 Å². The van der Waals surface area contributed by atoms with Gasteiger partial charge >= 0.3 is 12.4 Å². The average molecular weight is 486 g/mol. The SMILES string of the molecule is O=C(Nc1cc(C(F)(F)F)cc(C2CC2)n1)[C@@H]1[C@@H](c2cccc(C(F)(F)F)c2)[C@H]2O[C@@H]1C[C@@H]2O. The molecule has 182 valence electrons. The smallest absolute Gasteiger partial charge is 0.390 e. The number of rotatable bonds is 4. The summed E-state index contributed by atoms with van der Waals surface area (Å²) in [5, 5.41) is 12.7. The molecule has 2 bridgehead atoms. The maximum absolute atomic E-state index is 13.4. The number of amides is 1. The van der Waals surface area contributed by atoms with Gasteiger partial charge in [0.05, 0.1) is 35.4 Å². The van der Waals surface area contributed by atoms with Crippen LogP contribution in [0.25, 0.3) is 0 Å². The molecule has 2 aromatic rings. The van der Waals surface area contributed by atoms with Crippen LogP contribution in [0.3, 0.4) is 0 Å². The van der Waals surface area contributed by atoms with E-state index in [0.717, 1.165) is 24.3 Å². The van der Waals surface area contributed by atoms with Crippen LogP contribution in [0, 0.1) is 5.92 Å². The van der Waals surface area contributed by atoms with Crippen molar-refractivity contribution in [1.29, 1.82) is 0 Å². The number of halogens is 6. The van der Waals surface area contributed by atoms with Gasteiger partial charge in [0.15, 0.2) is 0 Å². The summed E-state index contributed by atoms with van der Waals surface area (Å²) in [4.78, 5) is 17.4. The van der Waals surface area contributed by atoms with Crippen LogP contribution < -0.4 is 5.32 Å². The van der Waals surface area contributed by atoms with E-state index in [4.69, 9.17) is 4.74 Å². The van der Waals surface area contributed by atoms with E-state index in [1.165, 1.54) is 12.1 Å². The highest BCUT2D eigenvalue weighted by atomic mass is 19.4. The van der Waals surface area contributed by atoms with Crippen LogP contribution in [0.2, 0.25) is 0 Å². The van der Waals surface area contributed by atoms with Gasteiger partial charge in [-0.3, -0.25) is 4.79 Å². The van der Waals surface area contributed by atoms with Crippen molar-refractivity contribution in [2.75, 3.05) is 5.32 Å². The van der Waals surface area contributed by atoms with Gasteiger partial charge in [0.1, 0.15) is 5.82 Å². The van der Waals surface area contributed by atoms with Gasteiger partial charge in [-0.1, -0.05) is 18.2 Å². The highest BCUT2D eigenvalue weighted by molar-refractivity contribution is 5.93. The second-order valence-electron chi connectivity index (χ2n) is 9.04. The summed E-state index contributed by atoms with van der Waals surface area (Å²) in [6, 6.07) is 6.15. The van der Waals surface area contributed by atoms with Gasteiger partial charge in [-0.25, -0.2) is 4.98 Å². The zero-order chi connectivity index (χ0) is 24.4. The van der Waals surface area contributed by atoms with Crippen LogP contribution in [0.5, 0.6) is 0 Å². The van der Waals surface area contributed by atoms with E-state index in [-0.39, 0.29) is 29.4 Å². The Labute approximate surface area is 190 Å². The molecule has 1 aliphatic carbocycles. The number of fused-ring (bicyclic) bond motifs is 2. The van der Waals surface area contributed by atoms with Gasteiger partial charge in [0.25, 0.3) is 0 Å². The number of nitrogens with one attached hydrogen (secondary N) is 1. The molecule has 5 atom stereocenters. The predicted octanol–water partition coefficient (Wildman–Crippen LogP) is 4.87. The molecule has 2 aliphatic heterocycles. The molecule has 3 heterocycles. The first kappa shape index (κ1) is 23.1. The van der Waals surface area contributed by atoms with E-state index in [9.17, 15) is 36.2 Å². The molecule has 3 fully saturated rings. The molecular weight excluding hydrogens is 466 g/mol. The minimum absolute atomic E-state index is 0.0988. The van der Waals surface area contributed by atoms with Crippen LogP contribution in [0.4, 0.5) is 32.2 Å². The van der Waals surface area contributed by atoms with Crippen LogP contribution in [0.15, 0.2) is 36.4 Å². The fraction of sp³-hybridized carbons (Fsp3) is 0.478. The summed E-state index contributed by atoms with van der Waals surface area (Å²) < 4.78 is 85.6. The highest BCUT2D eigenvalue weighted by Crippen LogP contribution is 2.50. The third-order valence-corrected chi connectivity index (χ3v) is 6.65. The number of alkyl halides is 6. The van der Waals surface area contributed by atoms with Gasteiger partial charge < -0.3 is 15.2 Å². The summed E-state index contributed by atoms with van der Waals surface area (Å²) in [5.41, 5.74) is -1.44. The average Bonchev–Trinajstić information content (AvgIpc) is 3.45. The number of nitrogens with zero attached hydrogens (tertiary/aromatic N) is 1. The fourth-order valence-corrected chi connectivity index (χ4v) is 4.94. The Balaban J connectivity index is 1.46. The Bertz CT molecular complexity index is 1110. The molecule has 0 radical (unpaired) electrons. The highest BCUT2D eigenvalue weighted by Gasteiger charge is 2.57. The molecule has 0 unspecified atom stereocenters. The normalized spacial score (nSPS) is 28.9. The molecule has 5 nitrogen and oxygen atoms in total. The van der Waals surface area contributed by atoms with Crippen LogP contribution in [-0.4, -0.2) is 34.3 Å². The predicted molar refractivity (Wildman–Crippen MR) is 107 cm³/mol. The molecule has 2 saturated heterocycles. The third kappa shape index (κ3) is 4.26. The number of aromatic nitrogens is 1. The number of anilines is 1. The molecule has 1 amide bonds. The number of aliphatic hydroxyl groups is 1. The summed E-state index contributed by atoms with van der Waals surface area (Å²) >= 11 is 0. The van der Waals surface area contributed by atoms with Gasteiger partial charge in [-0.2, -0.15) is 26.3 Å². The number of pyridine rings is 1. The van der Waals surface area contributed by atoms with Crippen LogP contribution in [-0.2, 0) is 21.9 Å². The number of hydrogen-bond acceptors (Lipinski definition) is 4. The van der Waals surface area contributed by atoms with Crippen molar-refractivity contribution in [2.24, 2.45) is 5.92 Å². The molecule has 2 N–H and O–H groups in total. The van der Waals surface area contributed by atoms with Gasteiger partial charge in [-0.15, -0.1) is 0 Å². The molecule has 34 heavy (non-hydrogen) atoms. The first-order valence-corrected chi connectivity index (χ1v) is 10.8. The fourth-order valence-electron chi connectivity index (χ4n) is 4.94. The molecule has 0 spiro atoms. The second kappa shape index (κ2) is 7.94. The van der Waals surface area contributed by atoms with Crippen LogP contribution >= 0.6 is 0 Å². The van der Waals surface area contributed by atoms with Crippen molar-refractivity contribution in [3.63, 3.8) is 0 Å².